The molecular formula is C8H7F3O2. The zero-order chi connectivity index (χ0) is 10.0. The fourth-order valence-electron chi connectivity index (χ4n) is 0.873. The first-order valence-electron chi connectivity index (χ1n) is 3.49. The summed E-state index contributed by atoms with van der Waals surface area (Å²) in [4.78, 5) is 0. The van der Waals surface area contributed by atoms with Gasteiger partial charge in [-0.2, -0.15) is 0 Å². The van der Waals surface area contributed by atoms with Crippen molar-refractivity contribution in [3.8, 4) is 0 Å². The summed E-state index contributed by atoms with van der Waals surface area (Å²) in [6.45, 7) is -0.676. The molecule has 13 heavy (non-hydrogen) atoms. The third-order valence-corrected chi connectivity index (χ3v) is 1.56. The van der Waals surface area contributed by atoms with Gasteiger partial charge >= 0.3 is 0 Å². The van der Waals surface area contributed by atoms with Crippen LogP contribution >= 0.6 is 0 Å². The molecule has 2 nitrogen and oxygen atoms in total. The van der Waals surface area contributed by atoms with E-state index in [9.17, 15) is 13.2 Å². The predicted octanol–water partition coefficient (Wildman–Crippen LogP) is 1.13. The summed E-state index contributed by atoms with van der Waals surface area (Å²) in [5.41, 5.74) is -0.195. The molecule has 1 rings (SSSR count). The Morgan fingerprint density at radius 2 is 1.62 bits per heavy atom. The van der Waals surface area contributed by atoms with E-state index in [1.54, 1.807) is 0 Å². The SMILES string of the molecule is OCC(O)c1cc(F)c(F)c(F)c1. The number of halogens is 3. The van der Waals surface area contributed by atoms with Crippen LogP contribution < -0.4 is 0 Å². The van der Waals surface area contributed by atoms with Gasteiger partial charge in [0, 0.05) is 0 Å². The zero-order valence-corrected chi connectivity index (χ0v) is 6.47. The van der Waals surface area contributed by atoms with E-state index in [2.05, 4.69) is 0 Å². The lowest BCUT2D eigenvalue weighted by Gasteiger charge is -2.07. The molecular weight excluding hydrogens is 185 g/mol. The molecule has 0 fully saturated rings. The molecule has 5 heteroatoms. The van der Waals surface area contributed by atoms with Gasteiger partial charge in [0.05, 0.1) is 6.61 Å². The lowest BCUT2D eigenvalue weighted by atomic mass is 10.1. The van der Waals surface area contributed by atoms with E-state index in [0.29, 0.717) is 12.1 Å². The summed E-state index contributed by atoms with van der Waals surface area (Å²) in [6, 6.07) is 1.28. The molecule has 2 N–H and O–H groups in total. The number of aliphatic hydroxyl groups excluding tert-OH is 2. The van der Waals surface area contributed by atoms with Crippen LogP contribution in [0.3, 0.4) is 0 Å². The largest absolute Gasteiger partial charge is 0.393 e. The molecule has 0 spiro atoms. The number of hydrogen-bond acceptors (Lipinski definition) is 2. The van der Waals surface area contributed by atoms with Gasteiger partial charge < -0.3 is 10.2 Å². The van der Waals surface area contributed by atoms with Crippen molar-refractivity contribution >= 4 is 0 Å². The van der Waals surface area contributed by atoms with E-state index in [4.69, 9.17) is 10.2 Å². The Labute approximate surface area is 72.2 Å². The molecule has 0 amide bonds. The van der Waals surface area contributed by atoms with Crippen LogP contribution in [0.15, 0.2) is 12.1 Å². The van der Waals surface area contributed by atoms with Gasteiger partial charge in [-0.25, -0.2) is 13.2 Å². The lowest BCUT2D eigenvalue weighted by Crippen LogP contribution is -2.05. The predicted molar refractivity (Wildman–Crippen MR) is 38.4 cm³/mol. The highest BCUT2D eigenvalue weighted by Gasteiger charge is 2.14. The molecule has 1 aromatic rings. The quantitative estimate of drug-likeness (QED) is 0.689. The van der Waals surface area contributed by atoms with Gasteiger partial charge in [-0.15, -0.1) is 0 Å². The molecule has 1 unspecified atom stereocenters. The van der Waals surface area contributed by atoms with E-state index in [1.807, 2.05) is 0 Å². The van der Waals surface area contributed by atoms with Crippen molar-refractivity contribution in [1.29, 1.82) is 0 Å². The van der Waals surface area contributed by atoms with Crippen molar-refractivity contribution < 1.29 is 23.4 Å². The number of hydrogen-bond donors (Lipinski definition) is 2. The molecule has 0 radical (unpaired) electrons. The molecule has 0 saturated heterocycles. The lowest BCUT2D eigenvalue weighted by molar-refractivity contribution is 0.0949. The summed E-state index contributed by atoms with van der Waals surface area (Å²) in [5.74, 6) is -4.36. The normalized spacial score (nSPS) is 13.0. The molecule has 0 aliphatic carbocycles. The van der Waals surface area contributed by atoms with Gasteiger partial charge in [0.15, 0.2) is 17.5 Å². The minimum atomic E-state index is -1.59. The second kappa shape index (κ2) is 3.76. The minimum absolute atomic E-state index is 0.195. The van der Waals surface area contributed by atoms with Crippen LogP contribution in [0.4, 0.5) is 13.2 Å². The second-order valence-corrected chi connectivity index (χ2v) is 2.50. The fourth-order valence-corrected chi connectivity index (χ4v) is 0.873. The molecule has 0 aliphatic rings. The van der Waals surface area contributed by atoms with Crippen molar-refractivity contribution in [2.75, 3.05) is 6.61 Å². The third-order valence-electron chi connectivity index (χ3n) is 1.56. The molecule has 0 aliphatic heterocycles. The summed E-state index contributed by atoms with van der Waals surface area (Å²) in [7, 11) is 0. The Balaban J connectivity index is 3.13. The van der Waals surface area contributed by atoms with Crippen LogP contribution in [0, 0.1) is 17.5 Å². The Hall–Kier alpha value is -1.07. The first kappa shape index (κ1) is 10.0. The van der Waals surface area contributed by atoms with Crippen LogP contribution in [0.2, 0.25) is 0 Å². The Bertz CT molecular complexity index is 291. The number of benzene rings is 1. The van der Waals surface area contributed by atoms with Gasteiger partial charge in [0.1, 0.15) is 6.10 Å². The monoisotopic (exact) mass is 192 g/mol. The van der Waals surface area contributed by atoms with Crippen LogP contribution in [-0.2, 0) is 0 Å². The van der Waals surface area contributed by atoms with Crippen LogP contribution in [-0.4, -0.2) is 16.8 Å². The van der Waals surface area contributed by atoms with Crippen LogP contribution in [0.5, 0.6) is 0 Å². The summed E-state index contributed by atoms with van der Waals surface area (Å²) in [5, 5.41) is 17.4. The highest BCUT2D eigenvalue weighted by Crippen LogP contribution is 2.18. The van der Waals surface area contributed by atoms with E-state index in [1.165, 1.54) is 0 Å². The van der Waals surface area contributed by atoms with Crippen LogP contribution in [0.25, 0.3) is 0 Å². The molecule has 1 atom stereocenters. The number of rotatable bonds is 2. The fraction of sp³-hybridized carbons (Fsp3) is 0.250. The Kier molecular flexibility index (Phi) is 2.90. The maximum atomic E-state index is 12.5. The molecule has 0 bridgehead atoms. The van der Waals surface area contributed by atoms with Crippen molar-refractivity contribution in [1.82, 2.24) is 0 Å². The third kappa shape index (κ3) is 1.99. The molecule has 0 heterocycles. The summed E-state index contributed by atoms with van der Waals surface area (Å²) < 4.78 is 37.4. The first-order valence-corrected chi connectivity index (χ1v) is 3.49. The summed E-state index contributed by atoms with van der Waals surface area (Å²) >= 11 is 0. The van der Waals surface area contributed by atoms with Gasteiger partial charge in [-0.1, -0.05) is 0 Å². The van der Waals surface area contributed by atoms with E-state index >= 15 is 0 Å². The number of aliphatic hydroxyl groups is 2. The molecule has 0 aromatic heterocycles. The topological polar surface area (TPSA) is 40.5 Å². The highest BCUT2D eigenvalue weighted by atomic mass is 19.2. The summed E-state index contributed by atoms with van der Waals surface area (Å²) in [6.07, 6.45) is -1.40. The zero-order valence-electron chi connectivity index (χ0n) is 6.47. The van der Waals surface area contributed by atoms with E-state index in [0.717, 1.165) is 0 Å². The Morgan fingerprint density at radius 1 is 1.15 bits per heavy atom. The smallest absolute Gasteiger partial charge is 0.194 e. The van der Waals surface area contributed by atoms with Crippen molar-refractivity contribution in [2.45, 2.75) is 6.10 Å². The average molecular weight is 192 g/mol. The maximum Gasteiger partial charge on any atom is 0.194 e. The maximum absolute atomic E-state index is 12.5. The molecule has 1 aromatic carbocycles. The van der Waals surface area contributed by atoms with Gasteiger partial charge in [-0.3, -0.25) is 0 Å². The van der Waals surface area contributed by atoms with Gasteiger partial charge in [0.2, 0.25) is 0 Å². The van der Waals surface area contributed by atoms with Crippen molar-refractivity contribution in [3.05, 3.63) is 35.1 Å². The van der Waals surface area contributed by atoms with Gasteiger partial charge in [0.25, 0.3) is 0 Å². The average Bonchev–Trinajstić information content (AvgIpc) is 2.12. The standard InChI is InChI=1S/C8H7F3O2/c9-5-1-4(7(13)3-12)2-6(10)8(5)11/h1-2,7,12-13H,3H2. The first-order chi connectivity index (χ1) is 6.06. The highest BCUT2D eigenvalue weighted by molar-refractivity contribution is 5.21. The van der Waals surface area contributed by atoms with E-state index in [-0.39, 0.29) is 5.56 Å². The van der Waals surface area contributed by atoms with Gasteiger partial charge in [-0.05, 0) is 17.7 Å². The second-order valence-electron chi connectivity index (χ2n) is 2.50. The minimum Gasteiger partial charge on any atom is -0.393 e. The van der Waals surface area contributed by atoms with Crippen LogP contribution in [0.1, 0.15) is 11.7 Å². The van der Waals surface area contributed by atoms with Crippen molar-refractivity contribution in [2.24, 2.45) is 0 Å². The Morgan fingerprint density at radius 3 is 2.00 bits per heavy atom. The van der Waals surface area contributed by atoms with E-state index < -0.39 is 30.2 Å². The van der Waals surface area contributed by atoms with Crippen molar-refractivity contribution in [3.63, 3.8) is 0 Å². The molecule has 72 valence electrons. The molecule has 0 saturated carbocycles.